The standard InChI is InChI=1S/C8H18N2O2S.ClH/c1-7(2)13(11,12)10-5-4-9-8(3)6-10;/h7-9H,4-6H2,1-3H3;1H. The summed E-state index contributed by atoms with van der Waals surface area (Å²) in [7, 11) is -3.04. The summed E-state index contributed by atoms with van der Waals surface area (Å²) in [5.41, 5.74) is 0. The predicted octanol–water partition coefficient (Wildman–Crippen LogP) is 0.440. The molecule has 0 aliphatic carbocycles. The van der Waals surface area contributed by atoms with Gasteiger partial charge in [0.05, 0.1) is 5.25 Å². The maximum Gasteiger partial charge on any atom is 0.216 e. The Bertz CT molecular complexity index is 267. The molecule has 0 aromatic heterocycles. The normalized spacial score (nSPS) is 24.7. The summed E-state index contributed by atoms with van der Waals surface area (Å²) >= 11 is 0. The molecule has 1 heterocycles. The van der Waals surface area contributed by atoms with Crippen LogP contribution in [0.25, 0.3) is 0 Å². The average Bonchev–Trinajstić information content (AvgIpc) is 2.04. The zero-order valence-electron chi connectivity index (χ0n) is 8.86. The molecule has 1 saturated heterocycles. The monoisotopic (exact) mass is 242 g/mol. The van der Waals surface area contributed by atoms with E-state index in [1.54, 1.807) is 18.2 Å². The fraction of sp³-hybridized carbons (Fsp3) is 1.00. The van der Waals surface area contributed by atoms with Crippen molar-refractivity contribution >= 4 is 22.4 Å². The van der Waals surface area contributed by atoms with Crippen molar-refractivity contribution in [2.45, 2.75) is 32.1 Å². The topological polar surface area (TPSA) is 49.4 Å². The summed E-state index contributed by atoms with van der Waals surface area (Å²) < 4.78 is 25.0. The first-order valence-corrected chi connectivity index (χ1v) is 6.17. The Morgan fingerprint density at radius 3 is 2.43 bits per heavy atom. The lowest BCUT2D eigenvalue weighted by molar-refractivity contribution is 0.308. The van der Waals surface area contributed by atoms with Crippen molar-refractivity contribution < 1.29 is 8.42 Å². The van der Waals surface area contributed by atoms with Crippen molar-refractivity contribution in [2.75, 3.05) is 19.6 Å². The van der Waals surface area contributed by atoms with Gasteiger partial charge in [-0.05, 0) is 20.8 Å². The Labute approximate surface area is 92.5 Å². The van der Waals surface area contributed by atoms with Gasteiger partial charge in [0.25, 0.3) is 0 Å². The molecule has 1 N–H and O–H groups in total. The highest BCUT2D eigenvalue weighted by Gasteiger charge is 2.28. The lowest BCUT2D eigenvalue weighted by Gasteiger charge is -2.32. The summed E-state index contributed by atoms with van der Waals surface area (Å²) in [5, 5.41) is 2.91. The van der Waals surface area contributed by atoms with Crippen molar-refractivity contribution in [3.05, 3.63) is 0 Å². The smallest absolute Gasteiger partial charge is 0.216 e. The molecule has 0 bridgehead atoms. The fourth-order valence-electron chi connectivity index (χ4n) is 1.43. The molecule has 1 rings (SSSR count). The lowest BCUT2D eigenvalue weighted by atomic mass is 10.3. The highest BCUT2D eigenvalue weighted by Crippen LogP contribution is 2.10. The molecule has 1 unspecified atom stereocenters. The fourth-order valence-corrected chi connectivity index (χ4v) is 2.80. The van der Waals surface area contributed by atoms with Crippen LogP contribution in [-0.4, -0.2) is 43.6 Å². The highest BCUT2D eigenvalue weighted by atomic mass is 35.5. The number of hydrogen-bond donors (Lipinski definition) is 1. The van der Waals surface area contributed by atoms with E-state index in [4.69, 9.17) is 0 Å². The van der Waals surface area contributed by atoms with Gasteiger partial charge in [-0.15, -0.1) is 12.4 Å². The van der Waals surface area contributed by atoms with Crippen LogP contribution in [0, 0.1) is 0 Å². The minimum atomic E-state index is -3.04. The van der Waals surface area contributed by atoms with Crippen LogP contribution in [-0.2, 0) is 10.0 Å². The molecule has 6 heteroatoms. The summed E-state index contributed by atoms with van der Waals surface area (Å²) in [6, 6.07) is 0.266. The van der Waals surface area contributed by atoms with Gasteiger partial charge in [0.15, 0.2) is 0 Å². The van der Waals surface area contributed by atoms with Gasteiger partial charge < -0.3 is 5.32 Å². The van der Waals surface area contributed by atoms with Crippen LogP contribution in [0.2, 0.25) is 0 Å². The van der Waals surface area contributed by atoms with Gasteiger partial charge in [0, 0.05) is 25.7 Å². The molecule has 0 spiro atoms. The van der Waals surface area contributed by atoms with Crippen molar-refractivity contribution in [3.8, 4) is 0 Å². The molecule has 1 atom stereocenters. The van der Waals surface area contributed by atoms with Crippen LogP contribution in [0.15, 0.2) is 0 Å². The van der Waals surface area contributed by atoms with E-state index in [1.807, 2.05) is 6.92 Å². The minimum Gasteiger partial charge on any atom is -0.312 e. The maximum absolute atomic E-state index is 11.7. The van der Waals surface area contributed by atoms with Crippen molar-refractivity contribution in [1.29, 1.82) is 0 Å². The lowest BCUT2D eigenvalue weighted by Crippen LogP contribution is -2.52. The summed E-state index contributed by atoms with van der Waals surface area (Å²) in [6.07, 6.45) is 0. The molecule has 0 aromatic rings. The van der Waals surface area contributed by atoms with E-state index in [0.717, 1.165) is 6.54 Å². The molecule has 86 valence electrons. The van der Waals surface area contributed by atoms with Gasteiger partial charge in [0.1, 0.15) is 0 Å². The zero-order valence-corrected chi connectivity index (χ0v) is 10.5. The van der Waals surface area contributed by atoms with Gasteiger partial charge in [-0.1, -0.05) is 0 Å². The number of hydrogen-bond acceptors (Lipinski definition) is 3. The summed E-state index contributed by atoms with van der Waals surface area (Å²) in [5.74, 6) is 0. The number of piperazine rings is 1. The first-order valence-electron chi connectivity index (χ1n) is 4.67. The second-order valence-corrected chi connectivity index (χ2v) is 6.30. The molecule has 4 nitrogen and oxygen atoms in total. The number of rotatable bonds is 2. The minimum absolute atomic E-state index is 0. The Balaban J connectivity index is 0.00000169. The van der Waals surface area contributed by atoms with E-state index in [9.17, 15) is 8.42 Å². The number of nitrogens with one attached hydrogen (secondary N) is 1. The largest absolute Gasteiger partial charge is 0.312 e. The molecular weight excluding hydrogens is 224 g/mol. The number of nitrogens with zero attached hydrogens (tertiary/aromatic N) is 1. The number of halogens is 1. The third-order valence-electron chi connectivity index (χ3n) is 2.29. The Hall–Kier alpha value is 0.160. The van der Waals surface area contributed by atoms with Crippen LogP contribution in [0.3, 0.4) is 0 Å². The maximum atomic E-state index is 11.7. The van der Waals surface area contributed by atoms with Crippen LogP contribution in [0.1, 0.15) is 20.8 Å². The van der Waals surface area contributed by atoms with E-state index in [-0.39, 0.29) is 23.7 Å². The van der Waals surface area contributed by atoms with Crippen molar-refractivity contribution in [2.24, 2.45) is 0 Å². The SMILES string of the molecule is CC1CN(S(=O)(=O)C(C)C)CCN1.Cl. The second-order valence-electron chi connectivity index (χ2n) is 3.81. The summed E-state index contributed by atoms with van der Waals surface area (Å²) in [6.45, 7) is 7.41. The van der Waals surface area contributed by atoms with Gasteiger partial charge in [-0.2, -0.15) is 4.31 Å². The predicted molar refractivity (Wildman–Crippen MR) is 60.3 cm³/mol. The number of sulfonamides is 1. The molecule has 1 aliphatic heterocycles. The molecule has 0 amide bonds. The first kappa shape index (κ1) is 14.2. The van der Waals surface area contributed by atoms with Crippen molar-refractivity contribution in [3.63, 3.8) is 0 Å². The highest BCUT2D eigenvalue weighted by molar-refractivity contribution is 7.89. The van der Waals surface area contributed by atoms with Crippen LogP contribution in [0.5, 0.6) is 0 Å². The van der Waals surface area contributed by atoms with Crippen LogP contribution >= 0.6 is 12.4 Å². The third-order valence-corrected chi connectivity index (χ3v) is 4.53. The second kappa shape index (κ2) is 5.30. The van der Waals surface area contributed by atoms with Crippen molar-refractivity contribution in [1.82, 2.24) is 9.62 Å². The van der Waals surface area contributed by atoms with E-state index < -0.39 is 10.0 Å². The quantitative estimate of drug-likeness (QED) is 0.765. The van der Waals surface area contributed by atoms with Gasteiger partial charge >= 0.3 is 0 Å². The van der Waals surface area contributed by atoms with E-state index in [2.05, 4.69) is 5.32 Å². The Morgan fingerprint density at radius 1 is 1.43 bits per heavy atom. The Morgan fingerprint density at radius 2 is 2.00 bits per heavy atom. The van der Waals surface area contributed by atoms with E-state index in [0.29, 0.717) is 13.1 Å². The molecule has 0 radical (unpaired) electrons. The summed E-state index contributed by atoms with van der Waals surface area (Å²) in [4.78, 5) is 0. The van der Waals surface area contributed by atoms with Gasteiger partial charge in [0.2, 0.25) is 10.0 Å². The average molecular weight is 243 g/mol. The van der Waals surface area contributed by atoms with Gasteiger partial charge in [-0.25, -0.2) is 8.42 Å². The Kier molecular flexibility index (Phi) is 5.36. The van der Waals surface area contributed by atoms with Gasteiger partial charge in [-0.3, -0.25) is 0 Å². The van der Waals surface area contributed by atoms with Crippen LogP contribution in [0.4, 0.5) is 0 Å². The van der Waals surface area contributed by atoms with E-state index >= 15 is 0 Å². The molecule has 1 aliphatic rings. The third kappa shape index (κ3) is 3.08. The molecule has 0 aromatic carbocycles. The molecular formula is C8H19ClN2O2S. The first-order chi connectivity index (χ1) is 5.94. The van der Waals surface area contributed by atoms with E-state index in [1.165, 1.54) is 0 Å². The zero-order chi connectivity index (χ0) is 10.1. The van der Waals surface area contributed by atoms with Crippen LogP contribution < -0.4 is 5.32 Å². The molecule has 14 heavy (non-hydrogen) atoms. The molecule has 0 saturated carbocycles. The molecule has 1 fully saturated rings.